The van der Waals surface area contributed by atoms with Crippen molar-refractivity contribution in [2.45, 2.75) is 104 Å². The van der Waals surface area contributed by atoms with E-state index >= 15 is 0 Å². The molecule has 0 aromatic heterocycles. The molecule has 0 amide bonds. The van der Waals surface area contributed by atoms with Gasteiger partial charge in [-0.1, -0.05) is 0 Å². The van der Waals surface area contributed by atoms with E-state index in [1.807, 2.05) is 41.5 Å². The van der Waals surface area contributed by atoms with Gasteiger partial charge in [-0.15, -0.1) is 0 Å². The standard InChI is InChI=1S/2C6H15O4Si.2C4H9.2C2H4O2.Sn/c2*1-4-8-11(7,9-5-2)10-6-3;2*1-3-4-2;2*1-2(3)4;/h2*4-6H2,1-3H3;2*1,3-4H2,2H3;2*1H3,(H,3,4);/q2*-1;;;;;+2. The number of unbranched alkanes of at least 4 members (excludes halogenated alkanes) is 2. The van der Waals surface area contributed by atoms with Crippen LogP contribution in [0.4, 0.5) is 0 Å². The summed E-state index contributed by atoms with van der Waals surface area (Å²) in [5.41, 5.74) is 0. The molecule has 0 bridgehead atoms. The summed E-state index contributed by atoms with van der Waals surface area (Å²) in [5, 5.41) is 14.8. The average Bonchev–Trinajstić information content (AvgIpc) is 2.82. The molecule has 15 heteroatoms. The molecule has 236 valence electrons. The average molecular weight is 712 g/mol. The minimum absolute atomic E-state index is 0.445. The zero-order valence-electron chi connectivity index (χ0n) is 26.0. The van der Waals surface area contributed by atoms with E-state index in [1.165, 1.54) is 0 Å². The summed E-state index contributed by atoms with van der Waals surface area (Å²) in [5.74, 6) is -1.67. The second kappa shape index (κ2) is 26.7. The molecule has 12 nitrogen and oxygen atoms in total. The topological polar surface area (TPSA) is 148 Å². The summed E-state index contributed by atoms with van der Waals surface area (Å²) < 4.78 is 51.8. The van der Waals surface area contributed by atoms with Crippen molar-refractivity contribution in [2.75, 3.05) is 39.6 Å². The first-order chi connectivity index (χ1) is 18.4. The molecule has 0 heterocycles. The Morgan fingerprint density at radius 2 is 0.744 bits per heavy atom. The Morgan fingerprint density at radius 3 is 0.897 bits per heavy atom. The first kappa shape index (κ1) is 43.3. The molecule has 0 saturated carbocycles. The molecule has 0 rings (SSSR count). The third-order valence-corrected chi connectivity index (χ3v) is 26.5. The van der Waals surface area contributed by atoms with Crippen LogP contribution < -0.4 is 0 Å². The maximum atomic E-state index is 9.00. The molecule has 0 atom stereocenters. The molecule has 0 aromatic carbocycles. The van der Waals surface area contributed by atoms with Gasteiger partial charge in [-0.05, 0) is 0 Å². The molecule has 0 radical (unpaired) electrons. The summed E-state index contributed by atoms with van der Waals surface area (Å²) in [6, 6.07) is 0. The summed E-state index contributed by atoms with van der Waals surface area (Å²) in [4.78, 5) is 18.0. The first-order valence-electron chi connectivity index (χ1n) is 14.0. The van der Waals surface area contributed by atoms with Crippen LogP contribution in [0.1, 0.15) is 94.9 Å². The Balaban J connectivity index is -0.00000141. The summed E-state index contributed by atoms with van der Waals surface area (Å²) in [6.45, 7) is 20.8. The van der Waals surface area contributed by atoms with E-state index in [1.54, 1.807) is 0 Å². The van der Waals surface area contributed by atoms with E-state index in [4.69, 9.17) is 51.9 Å². The van der Waals surface area contributed by atoms with Crippen LogP contribution in [0.25, 0.3) is 0 Å². The summed E-state index contributed by atoms with van der Waals surface area (Å²) in [6.07, 6.45) is 4.06. The molecule has 0 spiro atoms. The molecule has 0 saturated heterocycles. The van der Waals surface area contributed by atoms with Crippen LogP contribution in [0.5, 0.6) is 0 Å². The van der Waals surface area contributed by atoms with Crippen LogP contribution in [0.3, 0.4) is 0 Å². The van der Waals surface area contributed by atoms with Gasteiger partial charge in [-0.3, -0.25) is 9.59 Å². The molecule has 0 aliphatic heterocycles. The van der Waals surface area contributed by atoms with Crippen LogP contribution in [0.2, 0.25) is 8.87 Å². The number of hydrogen-bond acceptors (Lipinski definition) is 10. The number of carboxylic acid groups (broad SMARTS) is 2. The third kappa shape index (κ3) is 23.1. The van der Waals surface area contributed by atoms with E-state index < -0.39 is 49.2 Å². The number of aliphatic carboxylic acids is 2. The zero-order chi connectivity index (χ0) is 30.8. The molecular weight excluding hydrogens is 655 g/mol. The normalized spacial score (nSPS) is 11.7. The third-order valence-electron chi connectivity index (χ3n) is 4.37. The predicted molar refractivity (Wildman–Crippen MR) is 155 cm³/mol. The van der Waals surface area contributed by atoms with Gasteiger partial charge in [0.15, 0.2) is 0 Å². The SMILES string of the molecule is CC(=O)O.CC(=O)O.CCC[CH2][Sn]([CH2]CCC)([O][Si](OCC)(OCC)OCC)[O][Si](OCC)(OCC)OCC. The zero-order valence-corrected chi connectivity index (χ0v) is 30.8. The first-order valence-corrected chi connectivity index (χ1v) is 23.6. The van der Waals surface area contributed by atoms with Gasteiger partial charge in [-0.25, -0.2) is 0 Å². The molecular formula is C24H56O12Si2Sn. The van der Waals surface area contributed by atoms with Crippen LogP contribution in [0, 0.1) is 0 Å². The summed E-state index contributed by atoms with van der Waals surface area (Å²) in [7, 11) is -6.75. The fourth-order valence-corrected chi connectivity index (χ4v) is 28.8. The minimum atomic E-state index is -3.93. The van der Waals surface area contributed by atoms with Crippen LogP contribution >= 0.6 is 0 Å². The second-order valence-electron chi connectivity index (χ2n) is 7.96. The van der Waals surface area contributed by atoms with Crippen molar-refractivity contribution in [1.29, 1.82) is 0 Å². The van der Waals surface area contributed by atoms with Gasteiger partial charge in [0.05, 0.1) is 0 Å². The van der Waals surface area contributed by atoms with Crippen molar-refractivity contribution in [2.24, 2.45) is 0 Å². The van der Waals surface area contributed by atoms with Gasteiger partial charge in [0.2, 0.25) is 0 Å². The Labute approximate surface area is 243 Å². The number of rotatable bonds is 22. The van der Waals surface area contributed by atoms with Crippen molar-refractivity contribution < 1.29 is 51.9 Å². The number of carbonyl (C=O) groups is 2. The Kier molecular flexibility index (Phi) is 29.7. The Morgan fingerprint density at radius 1 is 0.538 bits per heavy atom. The second-order valence-corrected chi connectivity index (χ2v) is 23.6. The van der Waals surface area contributed by atoms with E-state index in [9.17, 15) is 0 Å². The van der Waals surface area contributed by atoms with Crippen LogP contribution in [-0.4, -0.2) is 99.1 Å². The fourth-order valence-electron chi connectivity index (χ4n) is 3.19. The van der Waals surface area contributed by atoms with Gasteiger partial charge in [0, 0.05) is 13.8 Å². The number of hydrogen-bond donors (Lipinski definition) is 2. The molecule has 2 N–H and O–H groups in total. The van der Waals surface area contributed by atoms with Gasteiger partial charge >= 0.3 is 199 Å². The van der Waals surface area contributed by atoms with Crippen molar-refractivity contribution in [3.8, 4) is 0 Å². The van der Waals surface area contributed by atoms with Crippen molar-refractivity contribution in [1.82, 2.24) is 0 Å². The van der Waals surface area contributed by atoms with Gasteiger partial charge in [-0.2, -0.15) is 0 Å². The van der Waals surface area contributed by atoms with Gasteiger partial charge < -0.3 is 10.2 Å². The van der Waals surface area contributed by atoms with Crippen molar-refractivity contribution >= 4 is 49.2 Å². The van der Waals surface area contributed by atoms with Crippen molar-refractivity contribution in [3.05, 3.63) is 0 Å². The number of carboxylic acids is 2. The molecule has 0 aliphatic carbocycles. The fraction of sp³-hybridized carbons (Fsp3) is 0.917. The molecule has 0 unspecified atom stereocenters. The van der Waals surface area contributed by atoms with Gasteiger partial charge in [0.25, 0.3) is 11.9 Å². The molecule has 0 aromatic rings. The van der Waals surface area contributed by atoms with Crippen LogP contribution in [-0.2, 0) is 41.7 Å². The molecule has 0 aliphatic rings. The van der Waals surface area contributed by atoms with E-state index in [2.05, 4.69) is 13.8 Å². The monoisotopic (exact) mass is 712 g/mol. The summed E-state index contributed by atoms with van der Waals surface area (Å²) >= 11 is -3.93. The predicted octanol–water partition coefficient (Wildman–Crippen LogP) is 5.33. The van der Waals surface area contributed by atoms with Crippen molar-refractivity contribution in [3.63, 3.8) is 0 Å². The van der Waals surface area contributed by atoms with Crippen LogP contribution in [0.15, 0.2) is 0 Å². The van der Waals surface area contributed by atoms with E-state index in [0.717, 1.165) is 48.4 Å². The maximum absolute atomic E-state index is 9.00. The molecule has 39 heavy (non-hydrogen) atoms. The Bertz CT molecular complexity index is 509. The van der Waals surface area contributed by atoms with E-state index in [-0.39, 0.29) is 0 Å². The van der Waals surface area contributed by atoms with E-state index in [0.29, 0.717) is 39.6 Å². The molecule has 0 fully saturated rings. The quantitative estimate of drug-likeness (QED) is 0.140. The Hall–Kier alpha value is -0.148. The van der Waals surface area contributed by atoms with Gasteiger partial charge in [0.1, 0.15) is 0 Å².